The summed E-state index contributed by atoms with van der Waals surface area (Å²) in [5, 5.41) is 5.76. The number of hydrogen-bond donors (Lipinski definition) is 2. The van der Waals surface area contributed by atoms with Crippen molar-refractivity contribution >= 4 is 5.91 Å². The van der Waals surface area contributed by atoms with Crippen molar-refractivity contribution in [3.05, 3.63) is 34.9 Å². The van der Waals surface area contributed by atoms with E-state index in [1.54, 1.807) is 12.1 Å². The molecule has 126 valence electrons. The Kier molecular flexibility index (Phi) is 4.59. The molecule has 0 spiro atoms. The smallest absolute Gasteiger partial charge is 0.381 e. The predicted octanol–water partition coefficient (Wildman–Crippen LogP) is 2.03. The van der Waals surface area contributed by atoms with Crippen LogP contribution in [0.5, 0.6) is 0 Å². The van der Waals surface area contributed by atoms with Crippen molar-refractivity contribution in [3.63, 3.8) is 0 Å². The molecule has 1 amide bonds. The number of hydrogen-bond acceptors (Lipinski definition) is 3. The molecule has 0 unspecified atom stereocenters. The molecule has 2 heterocycles. The Morgan fingerprint density at radius 2 is 2.13 bits per heavy atom. The summed E-state index contributed by atoms with van der Waals surface area (Å²) in [5.41, 5.74) is 2.61. The number of carbonyl (C=O) groups is 1. The molecule has 0 saturated carbocycles. The molecule has 1 saturated heterocycles. The molecule has 1 aromatic carbocycles. The first-order chi connectivity index (χ1) is 10.9. The normalized spacial score (nSPS) is 24.8. The molecule has 2 N–H and O–H groups in total. The second-order valence-corrected chi connectivity index (χ2v) is 6.00. The van der Waals surface area contributed by atoms with Gasteiger partial charge in [0.05, 0.1) is 12.5 Å². The number of benzene rings is 1. The van der Waals surface area contributed by atoms with Crippen LogP contribution in [-0.4, -0.2) is 37.9 Å². The molecule has 2 aliphatic rings. The molecule has 1 aromatic rings. The Bertz CT molecular complexity index is 589. The van der Waals surface area contributed by atoms with Gasteiger partial charge in [0.15, 0.2) is 0 Å². The number of halogens is 3. The van der Waals surface area contributed by atoms with Crippen LogP contribution >= 0.6 is 0 Å². The van der Waals surface area contributed by atoms with Gasteiger partial charge in [-0.3, -0.25) is 4.79 Å². The highest BCUT2D eigenvalue weighted by molar-refractivity contribution is 5.94. The number of ether oxygens (including phenoxy) is 1. The van der Waals surface area contributed by atoms with Gasteiger partial charge in [-0.25, -0.2) is 0 Å². The Labute approximate surface area is 132 Å². The second kappa shape index (κ2) is 6.49. The fourth-order valence-corrected chi connectivity index (χ4v) is 3.11. The maximum Gasteiger partial charge on any atom is 0.395 e. The largest absolute Gasteiger partial charge is 0.395 e. The summed E-state index contributed by atoms with van der Waals surface area (Å²) in [6.45, 7) is 1.40. The number of alkyl halides is 3. The van der Waals surface area contributed by atoms with E-state index in [2.05, 4.69) is 10.6 Å². The molecular formula is C16H19F3N2O2. The second-order valence-electron chi connectivity index (χ2n) is 6.00. The van der Waals surface area contributed by atoms with Gasteiger partial charge in [0.25, 0.3) is 5.91 Å². The van der Waals surface area contributed by atoms with E-state index in [1.807, 2.05) is 6.07 Å². The Morgan fingerprint density at radius 1 is 1.30 bits per heavy atom. The van der Waals surface area contributed by atoms with E-state index in [0.717, 1.165) is 18.5 Å². The molecule has 0 radical (unpaired) electrons. The first kappa shape index (κ1) is 16.3. The van der Waals surface area contributed by atoms with Crippen molar-refractivity contribution in [2.45, 2.75) is 31.6 Å². The number of carbonyl (C=O) groups excluding carboxylic acids is 1. The average molecular weight is 328 g/mol. The van der Waals surface area contributed by atoms with E-state index in [-0.39, 0.29) is 13.0 Å². The highest BCUT2D eigenvalue weighted by Crippen LogP contribution is 2.32. The summed E-state index contributed by atoms with van der Waals surface area (Å²) in [6.07, 6.45) is -3.31. The minimum atomic E-state index is -4.38. The molecule has 4 nitrogen and oxygen atoms in total. The van der Waals surface area contributed by atoms with E-state index in [1.165, 1.54) is 5.56 Å². The summed E-state index contributed by atoms with van der Waals surface area (Å²) in [4.78, 5) is 12.3. The van der Waals surface area contributed by atoms with Crippen molar-refractivity contribution in [2.75, 3.05) is 19.8 Å². The summed E-state index contributed by atoms with van der Waals surface area (Å²) >= 11 is 0. The Hall–Kier alpha value is -1.60. The van der Waals surface area contributed by atoms with Crippen LogP contribution in [0.25, 0.3) is 0 Å². The van der Waals surface area contributed by atoms with Crippen molar-refractivity contribution in [2.24, 2.45) is 5.92 Å². The molecule has 0 bridgehead atoms. The van der Waals surface area contributed by atoms with Gasteiger partial charge < -0.3 is 15.4 Å². The highest BCUT2D eigenvalue weighted by Gasteiger charge is 2.46. The van der Waals surface area contributed by atoms with Crippen LogP contribution in [0.4, 0.5) is 13.2 Å². The summed E-state index contributed by atoms with van der Waals surface area (Å²) in [5.74, 6) is -2.11. The number of amides is 1. The number of fused-ring (bicyclic) bond motifs is 1. The molecule has 7 heteroatoms. The fraction of sp³-hybridized carbons (Fsp3) is 0.562. The van der Waals surface area contributed by atoms with Crippen LogP contribution in [0.1, 0.15) is 27.9 Å². The van der Waals surface area contributed by atoms with Gasteiger partial charge in [0, 0.05) is 24.8 Å². The standard InChI is InChI=1S/C16H19F3N2O2/c17-16(18,19)13-9-23-6-4-14(13)21-15(22)11-2-1-10-3-5-20-8-12(10)7-11/h1-2,7,13-14,20H,3-6,8-9H2,(H,21,22)/t13-,14+/m1/s1. The molecule has 23 heavy (non-hydrogen) atoms. The van der Waals surface area contributed by atoms with Crippen LogP contribution < -0.4 is 10.6 Å². The SMILES string of the molecule is O=C(N[C@H]1CCOC[C@H]1C(F)(F)F)c1ccc2c(c1)CNCC2. The summed E-state index contributed by atoms with van der Waals surface area (Å²) < 4.78 is 44.0. The van der Waals surface area contributed by atoms with E-state index < -0.39 is 30.7 Å². The van der Waals surface area contributed by atoms with E-state index in [9.17, 15) is 18.0 Å². The van der Waals surface area contributed by atoms with Gasteiger partial charge in [-0.2, -0.15) is 13.2 Å². The topological polar surface area (TPSA) is 50.4 Å². The van der Waals surface area contributed by atoms with Gasteiger partial charge in [-0.1, -0.05) is 6.07 Å². The molecular weight excluding hydrogens is 309 g/mol. The van der Waals surface area contributed by atoms with Gasteiger partial charge in [0.2, 0.25) is 0 Å². The van der Waals surface area contributed by atoms with Crippen LogP contribution in [0, 0.1) is 5.92 Å². The molecule has 1 fully saturated rings. The summed E-state index contributed by atoms with van der Waals surface area (Å²) in [7, 11) is 0. The van der Waals surface area contributed by atoms with Crippen molar-refractivity contribution in [1.82, 2.24) is 10.6 Å². The van der Waals surface area contributed by atoms with Gasteiger partial charge in [-0.15, -0.1) is 0 Å². The maximum absolute atomic E-state index is 13.0. The Balaban J connectivity index is 1.73. The fourth-order valence-electron chi connectivity index (χ4n) is 3.11. The third-order valence-electron chi connectivity index (χ3n) is 4.45. The van der Waals surface area contributed by atoms with Crippen LogP contribution in [-0.2, 0) is 17.7 Å². The molecule has 2 aliphatic heterocycles. The third kappa shape index (κ3) is 3.67. The molecule has 0 aromatic heterocycles. The third-order valence-corrected chi connectivity index (χ3v) is 4.45. The lowest BCUT2D eigenvalue weighted by molar-refractivity contribution is -0.206. The van der Waals surface area contributed by atoms with Crippen LogP contribution in [0.15, 0.2) is 18.2 Å². The van der Waals surface area contributed by atoms with Crippen molar-refractivity contribution in [1.29, 1.82) is 0 Å². The highest BCUT2D eigenvalue weighted by atomic mass is 19.4. The van der Waals surface area contributed by atoms with E-state index in [4.69, 9.17) is 4.74 Å². The zero-order valence-corrected chi connectivity index (χ0v) is 12.6. The minimum absolute atomic E-state index is 0.169. The lowest BCUT2D eigenvalue weighted by Crippen LogP contribution is -2.51. The summed E-state index contributed by atoms with van der Waals surface area (Å²) in [6, 6.07) is 4.39. The van der Waals surface area contributed by atoms with Gasteiger partial charge in [-0.05, 0) is 42.6 Å². The van der Waals surface area contributed by atoms with Gasteiger partial charge >= 0.3 is 6.18 Å². The lowest BCUT2D eigenvalue weighted by Gasteiger charge is -2.33. The van der Waals surface area contributed by atoms with Crippen LogP contribution in [0.2, 0.25) is 0 Å². The van der Waals surface area contributed by atoms with E-state index >= 15 is 0 Å². The van der Waals surface area contributed by atoms with Gasteiger partial charge in [0.1, 0.15) is 0 Å². The van der Waals surface area contributed by atoms with Crippen molar-refractivity contribution < 1.29 is 22.7 Å². The zero-order valence-electron chi connectivity index (χ0n) is 12.6. The van der Waals surface area contributed by atoms with E-state index in [0.29, 0.717) is 12.1 Å². The minimum Gasteiger partial charge on any atom is -0.381 e. The number of nitrogens with one attached hydrogen (secondary N) is 2. The first-order valence-electron chi connectivity index (χ1n) is 7.73. The molecule has 2 atom stereocenters. The first-order valence-corrected chi connectivity index (χ1v) is 7.73. The molecule has 3 rings (SSSR count). The average Bonchev–Trinajstić information content (AvgIpc) is 2.54. The van der Waals surface area contributed by atoms with Crippen molar-refractivity contribution in [3.8, 4) is 0 Å². The maximum atomic E-state index is 13.0. The molecule has 0 aliphatic carbocycles. The quantitative estimate of drug-likeness (QED) is 0.873. The number of rotatable bonds is 2. The zero-order chi connectivity index (χ0) is 16.4. The Morgan fingerprint density at radius 3 is 2.91 bits per heavy atom. The lowest BCUT2D eigenvalue weighted by atomic mass is 9.94. The van der Waals surface area contributed by atoms with Crippen LogP contribution in [0.3, 0.4) is 0 Å². The monoisotopic (exact) mass is 328 g/mol. The predicted molar refractivity (Wildman–Crippen MR) is 78.1 cm³/mol.